The Morgan fingerprint density at radius 2 is 2.39 bits per heavy atom. The molecule has 102 valence electrons. The highest BCUT2D eigenvalue weighted by Gasteiger charge is 2.15. The second kappa shape index (κ2) is 6.43. The van der Waals surface area contributed by atoms with E-state index in [2.05, 4.69) is 15.5 Å². The van der Waals surface area contributed by atoms with Crippen LogP contribution in [0.3, 0.4) is 0 Å². The van der Waals surface area contributed by atoms with Gasteiger partial charge in [-0.05, 0) is 52.1 Å². The van der Waals surface area contributed by atoms with Crippen LogP contribution in [-0.2, 0) is 0 Å². The Balaban J connectivity index is 1.84. The highest BCUT2D eigenvalue weighted by Crippen LogP contribution is 2.22. The fourth-order valence-corrected chi connectivity index (χ4v) is 3.51. The first-order chi connectivity index (χ1) is 8.68. The van der Waals surface area contributed by atoms with Gasteiger partial charge in [-0.15, -0.1) is 5.10 Å². The van der Waals surface area contributed by atoms with Crippen molar-refractivity contribution in [3.8, 4) is 0 Å². The van der Waals surface area contributed by atoms with E-state index in [1.165, 1.54) is 19.3 Å². The van der Waals surface area contributed by atoms with Gasteiger partial charge in [0, 0.05) is 11.8 Å². The minimum absolute atomic E-state index is 0.105. The summed E-state index contributed by atoms with van der Waals surface area (Å²) in [6.07, 6.45) is 3.80. The first kappa shape index (κ1) is 13.7. The Morgan fingerprint density at radius 3 is 3.06 bits per heavy atom. The number of rotatable bonds is 5. The number of nitrogens with zero attached hydrogens (tertiary/aromatic N) is 2. The molecule has 1 unspecified atom stereocenters. The molecule has 0 amide bonds. The standard InChI is InChI=1S/C12H22N4OS/c1-9(2)16-11(17)14-15-12(16)18-7-5-10-4-3-6-13-8-10/h9-10,13H,3-8H2,1-2H3,(H,14,17). The maximum Gasteiger partial charge on any atom is 0.344 e. The molecular weight excluding hydrogens is 248 g/mol. The van der Waals surface area contributed by atoms with Crippen LogP contribution in [0.4, 0.5) is 0 Å². The van der Waals surface area contributed by atoms with Gasteiger partial charge in [0.25, 0.3) is 0 Å². The van der Waals surface area contributed by atoms with E-state index >= 15 is 0 Å². The molecular formula is C12H22N4OS. The maximum atomic E-state index is 11.6. The van der Waals surface area contributed by atoms with E-state index in [0.717, 1.165) is 29.9 Å². The van der Waals surface area contributed by atoms with Crippen molar-refractivity contribution in [1.82, 2.24) is 20.1 Å². The highest BCUT2D eigenvalue weighted by atomic mass is 32.2. The van der Waals surface area contributed by atoms with E-state index < -0.39 is 0 Å². The molecule has 1 atom stereocenters. The first-order valence-electron chi connectivity index (χ1n) is 6.69. The fourth-order valence-electron chi connectivity index (χ4n) is 2.33. The van der Waals surface area contributed by atoms with Crippen LogP contribution in [0.1, 0.15) is 39.2 Å². The van der Waals surface area contributed by atoms with Gasteiger partial charge in [0.15, 0.2) is 5.16 Å². The average Bonchev–Trinajstić information content (AvgIpc) is 2.72. The summed E-state index contributed by atoms with van der Waals surface area (Å²) in [5.41, 5.74) is -0.105. The van der Waals surface area contributed by atoms with Crippen molar-refractivity contribution >= 4 is 11.8 Å². The number of piperidine rings is 1. The van der Waals surface area contributed by atoms with Crippen LogP contribution >= 0.6 is 11.8 Å². The molecule has 0 aliphatic carbocycles. The van der Waals surface area contributed by atoms with Gasteiger partial charge in [-0.25, -0.2) is 9.89 Å². The van der Waals surface area contributed by atoms with Gasteiger partial charge >= 0.3 is 5.69 Å². The van der Waals surface area contributed by atoms with Crippen molar-refractivity contribution in [2.75, 3.05) is 18.8 Å². The van der Waals surface area contributed by atoms with Gasteiger partial charge in [0.1, 0.15) is 0 Å². The molecule has 1 fully saturated rings. The zero-order chi connectivity index (χ0) is 13.0. The van der Waals surface area contributed by atoms with E-state index in [0.29, 0.717) is 0 Å². The van der Waals surface area contributed by atoms with Crippen LogP contribution in [0.25, 0.3) is 0 Å². The second-order valence-electron chi connectivity index (χ2n) is 5.12. The van der Waals surface area contributed by atoms with Crippen molar-refractivity contribution in [2.24, 2.45) is 5.92 Å². The quantitative estimate of drug-likeness (QED) is 0.798. The summed E-state index contributed by atoms with van der Waals surface area (Å²) in [6, 6.07) is 0.162. The Hall–Kier alpha value is -0.750. The Bertz CT molecular complexity index is 420. The largest absolute Gasteiger partial charge is 0.344 e. The number of H-pyrrole nitrogens is 1. The minimum atomic E-state index is -0.105. The Kier molecular flexibility index (Phi) is 4.88. The summed E-state index contributed by atoms with van der Waals surface area (Å²) in [5, 5.41) is 10.9. The number of nitrogens with one attached hydrogen (secondary N) is 2. The Morgan fingerprint density at radius 1 is 1.56 bits per heavy atom. The van der Waals surface area contributed by atoms with Crippen LogP contribution in [0.15, 0.2) is 9.95 Å². The molecule has 0 bridgehead atoms. The molecule has 0 radical (unpaired) electrons. The van der Waals surface area contributed by atoms with Crippen molar-refractivity contribution in [2.45, 2.75) is 44.3 Å². The Labute approximate surface area is 112 Å². The topological polar surface area (TPSA) is 62.7 Å². The van der Waals surface area contributed by atoms with E-state index in [1.54, 1.807) is 16.3 Å². The van der Waals surface area contributed by atoms with Crippen molar-refractivity contribution in [3.05, 3.63) is 10.5 Å². The third-order valence-corrected chi connectivity index (χ3v) is 4.33. The predicted molar refractivity (Wildman–Crippen MR) is 74.2 cm³/mol. The molecule has 1 aliphatic rings. The van der Waals surface area contributed by atoms with E-state index in [9.17, 15) is 4.79 Å². The lowest BCUT2D eigenvalue weighted by Crippen LogP contribution is -2.30. The van der Waals surface area contributed by atoms with Crippen LogP contribution < -0.4 is 11.0 Å². The summed E-state index contributed by atoms with van der Waals surface area (Å²) in [5.74, 6) is 1.81. The van der Waals surface area contributed by atoms with Crippen molar-refractivity contribution < 1.29 is 0 Å². The smallest absolute Gasteiger partial charge is 0.316 e. The van der Waals surface area contributed by atoms with Gasteiger partial charge in [0.05, 0.1) is 0 Å². The number of thioether (sulfide) groups is 1. The molecule has 5 nitrogen and oxygen atoms in total. The molecule has 1 saturated heterocycles. The average molecular weight is 270 g/mol. The fraction of sp³-hybridized carbons (Fsp3) is 0.833. The third-order valence-electron chi connectivity index (χ3n) is 3.34. The van der Waals surface area contributed by atoms with Gasteiger partial charge in [0.2, 0.25) is 0 Å². The summed E-state index contributed by atoms with van der Waals surface area (Å²) in [6.45, 7) is 6.31. The number of aromatic nitrogens is 3. The molecule has 6 heteroatoms. The molecule has 1 aromatic heterocycles. The molecule has 1 aliphatic heterocycles. The predicted octanol–water partition coefficient (Wildman–Crippen LogP) is 1.63. The summed E-state index contributed by atoms with van der Waals surface area (Å²) in [7, 11) is 0. The lowest BCUT2D eigenvalue weighted by molar-refractivity contribution is 0.371. The summed E-state index contributed by atoms with van der Waals surface area (Å²) < 4.78 is 1.73. The zero-order valence-corrected chi connectivity index (χ0v) is 11.9. The summed E-state index contributed by atoms with van der Waals surface area (Å²) >= 11 is 1.68. The van der Waals surface area contributed by atoms with Crippen LogP contribution in [-0.4, -0.2) is 33.6 Å². The molecule has 1 aromatic rings. The van der Waals surface area contributed by atoms with E-state index in [-0.39, 0.29) is 11.7 Å². The van der Waals surface area contributed by atoms with Gasteiger partial charge in [-0.3, -0.25) is 4.57 Å². The van der Waals surface area contributed by atoms with Crippen LogP contribution in [0.5, 0.6) is 0 Å². The molecule has 0 saturated carbocycles. The number of hydrogen-bond donors (Lipinski definition) is 2. The van der Waals surface area contributed by atoms with Crippen molar-refractivity contribution in [1.29, 1.82) is 0 Å². The third kappa shape index (κ3) is 3.38. The van der Waals surface area contributed by atoms with Crippen molar-refractivity contribution in [3.63, 3.8) is 0 Å². The molecule has 18 heavy (non-hydrogen) atoms. The minimum Gasteiger partial charge on any atom is -0.316 e. The summed E-state index contributed by atoms with van der Waals surface area (Å²) in [4.78, 5) is 11.6. The number of hydrogen-bond acceptors (Lipinski definition) is 4. The molecule has 2 rings (SSSR count). The van der Waals surface area contributed by atoms with Gasteiger partial charge < -0.3 is 5.32 Å². The second-order valence-corrected chi connectivity index (χ2v) is 6.19. The molecule has 0 aromatic carbocycles. The molecule has 2 N–H and O–H groups in total. The SMILES string of the molecule is CC(C)n1c(SCCC2CCCNC2)n[nH]c1=O. The number of aromatic amines is 1. The van der Waals surface area contributed by atoms with Crippen LogP contribution in [0, 0.1) is 5.92 Å². The highest BCUT2D eigenvalue weighted by molar-refractivity contribution is 7.99. The first-order valence-corrected chi connectivity index (χ1v) is 7.67. The van der Waals surface area contributed by atoms with E-state index in [4.69, 9.17) is 0 Å². The lowest BCUT2D eigenvalue weighted by atomic mass is 9.97. The zero-order valence-electron chi connectivity index (χ0n) is 11.1. The van der Waals surface area contributed by atoms with E-state index in [1.807, 2.05) is 13.8 Å². The van der Waals surface area contributed by atoms with Gasteiger partial charge in [-0.1, -0.05) is 11.8 Å². The molecule has 0 spiro atoms. The van der Waals surface area contributed by atoms with Gasteiger partial charge in [-0.2, -0.15) is 0 Å². The maximum absolute atomic E-state index is 11.6. The molecule has 2 heterocycles. The monoisotopic (exact) mass is 270 g/mol. The lowest BCUT2D eigenvalue weighted by Gasteiger charge is -2.22. The normalized spacial score (nSPS) is 20.5. The van der Waals surface area contributed by atoms with Crippen LogP contribution in [0.2, 0.25) is 0 Å².